The lowest BCUT2D eigenvalue weighted by Gasteiger charge is -2.12. The second-order valence-corrected chi connectivity index (χ2v) is 10.3. The summed E-state index contributed by atoms with van der Waals surface area (Å²) in [4.78, 5) is 15.0. The van der Waals surface area contributed by atoms with Gasteiger partial charge in [-0.1, -0.05) is 82.7 Å². The van der Waals surface area contributed by atoms with Gasteiger partial charge in [-0.3, -0.25) is 9.13 Å². The lowest BCUT2D eigenvalue weighted by atomic mass is 10.2. The average Bonchev–Trinajstić information content (AvgIpc) is 3.55. The highest BCUT2D eigenvalue weighted by Gasteiger charge is 2.18. The molecule has 5 aromatic rings. The molecule has 0 aliphatic rings. The molecule has 0 saturated carbocycles. The van der Waals surface area contributed by atoms with E-state index < -0.39 is 0 Å². The van der Waals surface area contributed by atoms with E-state index in [4.69, 9.17) is 24.4 Å². The van der Waals surface area contributed by atoms with Gasteiger partial charge >= 0.3 is 0 Å². The summed E-state index contributed by atoms with van der Waals surface area (Å²) in [5.74, 6) is 1.60. The van der Waals surface area contributed by atoms with Gasteiger partial charge in [-0.25, -0.2) is 15.0 Å². The number of unbranched alkanes of at least 4 members (excludes halogenated alkanes) is 6. The summed E-state index contributed by atoms with van der Waals surface area (Å²) in [7, 11) is 0. The van der Waals surface area contributed by atoms with Gasteiger partial charge in [0, 0.05) is 13.2 Å². The number of ether oxygens (including phenoxy) is 2. The van der Waals surface area contributed by atoms with Crippen molar-refractivity contribution in [1.82, 2.24) is 24.1 Å². The second kappa shape index (κ2) is 14.2. The maximum atomic E-state index is 6.11. The Hall–Kier alpha value is -3.55. The third-order valence-electron chi connectivity index (χ3n) is 7.24. The number of benzene rings is 2. The molecule has 0 unspecified atom stereocenters. The Balaban J connectivity index is 1.43. The van der Waals surface area contributed by atoms with Crippen molar-refractivity contribution in [3.05, 3.63) is 66.7 Å². The maximum absolute atomic E-state index is 6.11. The van der Waals surface area contributed by atoms with Crippen LogP contribution in [0.4, 0.5) is 0 Å². The second-order valence-electron chi connectivity index (χ2n) is 10.3. The molecule has 0 aliphatic heterocycles. The number of hydrogen-bond acceptors (Lipinski definition) is 5. The number of para-hydroxylation sites is 4. The first kappa shape index (κ1) is 28.0. The maximum Gasteiger partial charge on any atom is 0.161 e. The Morgan fingerprint density at radius 2 is 1.00 bits per heavy atom. The Kier molecular flexibility index (Phi) is 9.93. The van der Waals surface area contributed by atoms with Gasteiger partial charge < -0.3 is 9.47 Å². The fourth-order valence-corrected chi connectivity index (χ4v) is 5.06. The van der Waals surface area contributed by atoms with Gasteiger partial charge in [0.15, 0.2) is 11.6 Å². The molecule has 7 nitrogen and oxygen atoms in total. The number of aromatic nitrogens is 5. The van der Waals surface area contributed by atoms with Crippen molar-refractivity contribution in [2.24, 2.45) is 0 Å². The zero-order valence-corrected chi connectivity index (χ0v) is 23.9. The third-order valence-corrected chi connectivity index (χ3v) is 7.24. The van der Waals surface area contributed by atoms with Gasteiger partial charge in [-0.15, -0.1) is 0 Å². The quantitative estimate of drug-likeness (QED) is 0.118. The summed E-state index contributed by atoms with van der Waals surface area (Å²) >= 11 is 0. The highest BCUT2D eigenvalue weighted by molar-refractivity contribution is 5.82. The molecular weight excluding hydrogens is 498 g/mol. The molecule has 3 heterocycles. The number of hydrogen-bond donors (Lipinski definition) is 0. The highest BCUT2D eigenvalue weighted by atomic mass is 16.5. The molecule has 2 aromatic carbocycles. The van der Waals surface area contributed by atoms with Crippen molar-refractivity contribution in [1.29, 1.82) is 0 Å². The summed E-state index contributed by atoms with van der Waals surface area (Å²) < 4.78 is 16.5. The van der Waals surface area contributed by atoms with E-state index in [1.54, 1.807) is 0 Å². The van der Waals surface area contributed by atoms with Gasteiger partial charge in [0.2, 0.25) is 0 Å². The van der Waals surface area contributed by atoms with E-state index in [2.05, 4.69) is 35.1 Å². The first-order valence-corrected chi connectivity index (χ1v) is 14.8. The fraction of sp³-hybridized carbons (Fsp3) is 0.424. The van der Waals surface area contributed by atoms with Crippen LogP contribution in [-0.2, 0) is 22.9 Å². The number of nitrogens with zero attached hydrogens (tertiary/aromatic N) is 5. The number of rotatable bonds is 16. The van der Waals surface area contributed by atoms with Gasteiger partial charge in [0.25, 0.3) is 0 Å². The Labute approximate surface area is 237 Å². The molecule has 0 amide bonds. The Morgan fingerprint density at radius 3 is 1.48 bits per heavy atom. The van der Waals surface area contributed by atoms with E-state index in [9.17, 15) is 0 Å². The normalized spacial score (nSPS) is 11.7. The molecule has 3 aromatic heterocycles. The van der Waals surface area contributed by atoms with Crippen molar-refractivity contribution in [3.8, 4) is 23.0 Å². The molecule has 0 fully saturated rings. The van der Waals surface area contributed by atoms with E-state index in [1.807, 2.05) is 54.6 Å². The standard InChI is InChI=1S/C33H41N5O2/c1-3-5-7-13-22-39-24-37-30-20-11-9-16-26(30)35-32(37)28-18-15-19-29(34-28)33-36-27-17-10-12-21-31(27)38(33)25-40-23-14-8-6-4-2/h9-12,15-21H,3-8,13-14,22-25H2,1-2H3. The minimum absolute atomic E-state index is 0.443. The van der Waals surface area contributed by atoms with Crippen LogP contribution in [-0.4, -0.2) is 37.3 Å². The molecule has 0 aliphatic carbocycles. The van der Waals surface area contributed by atoms with Crippen LogP contribution >= 0.6 is 0 Å². The van der Waals surface area contributed by atoms with Crippen LogP contribution in [0.1, 0.15) is 65.2 Å². The van der Waals surface area contributed by atoms with Crippen LogP contribution in [0.2, 0.25) is 0 Å². The van der Waals surface area contributed by atoms with Gasteiger partial charge in [-0.2, -0.15) is 0 Å². The van der Waals surface area contributed by atoms with Crippen molar-refractivity contribution in [2.75, 3.05) is 13.2 Å². The Bertz CT molecular complexity index is 1400. The zero-order chi connectivity index (χ0) is 27.6. The van der Waals surface area contributed by atoms with E-state index in [1.165, 1.54) is 38.5 Å². The van der Waals surface area contributed by atoms with Crippen molar-refractivity contribution in [3.63, 3.8) is 0 Å². The molecule has 0 atom stereocenters. The van der Waals surface area contributed by atoms with Crippen LogP contribution in [0.3, 0.4) is 0 Å². The van der Waals surface area contributed by atoms with Crippen LogP contribution < -0.4 is 0 Å². The monoisotopic (exact) mass is 539 g/mol. The highest BCUT2D eigenvalue weighted by Crippen LogP contribution is 2.28. The lowest BCUT2D eigenvalue weighted by Crippen LogP contribution is -2.08. The van der Waals surface area contributed by atoms with Crippen LogP contribution in [0.25, 0.3) is 45.1 Å². The van der Waals surface area contributed by atoms with E-state index in [-0.39, 0.29) is 0 Å². The van der Waals surface area contributed by atoms with Gasteiger partial charge in [0.05, 0.1) is 22.1 Å². The fourth-order valence-electron chi connectivity index (χ4n) is 5.06. The van der Waals surface area contributed by atoms with Crippen LogP contribution in [0, 0.1) is 0 Å². The van der Waals surface area contributed by atoms with E-state index >= 15 is 0 Å². The Morgan fingerprint density at radius 1 is 0.525 bits per heavy atom. The molecule has 0 N–H and O–H groups in total. The molecule has 210 valence electrons. The van der Waals surface area contributed by atoms with Crippen molar-refractivity contribution >= 4 is 22.1 Å². The van der Waals surface area contributed by atoms with Gasteiger partial charge in [0.1, 0.15) is 24.8 Å². The first-order valence-electron chi connectivity index (χ1n) is 14.8. The number of fused-ring (bicyclic) bond motifs is 2. The predicted molar refractivity (Wildman–Crippen MR) is 162 cm³/mol. The molecular formula is C33H41N5O2. The summed E-state index contributed by atoms with van der Waals surface area (Å²) in [6.07, 6.45) is 9.46. The molecule has 0 bridgehead atoms. The SMILES string of the molecule is CCCCCCOCn1c(-c2cccc(-c3nc4ccccc4n3COCCCCCC)n2)nc2ccccc21. The molecule has 7 heteroatoms. The minimum atomic E-state index is 0.443. The minimum Gasteiger partial charge on any atom is -0.361 e. The van der Waals surface area contributed by atoms with Crippen LogP contribution in [0.5, 0.6) is 0 Å². The van der Waals surface area contributed by atoms with Gasteiger partial charge in [-0.05, 0) is 49.2 Å². The van der Waals surface area contributed by atoms with E-state index in [0.29, 0.717) is 13.5 Å². The number of pyridine rings is 1. The smallest absolute Gasteiger partial charge is 0.161 e. The first-order chi connectivity index (χ1) is 19.8. The lowest BCUT2D eigenvalue weighted by molar-refractivity contribution is 0.0773. The summed E-state index contributed by atoms with van der Waals surface area (Å²) in [6.45, 7) is 6.81. The van der Waals surface area contributed by atoms with Crippen LogP contribution in [0.15, 0.2) is 66.7 Å². The summed E-state index contributed by atoms with van der Waals surface area (Å²) in [5, 5.41) is 0. The molecule has 0 saturated heterocycles. The summed E-state index contributed by atoms with van der Waals surface area (Å²) in [5.41, 5.74) is 5.54. The predicted octanol–water partition coefficient (Wildman–Crippen LogP) is 8.22. The average molecular weight is 540 g/mol. The number of imidazole rings is 2. The third kappa shape index (κ3) is 6.60. The summed E-state index contributed by atoms with van der Waals surface area (Å²) in [6, 6.07) is 22.4. The molecule has 40 heavy (non-hydrogen) atoms. The largest absolute Gasteiger partial charge is 0.361 e. The zero-order valence-electron chi connectivity index (χ0n) is 23.9. The molecule has 0 radical (unpaired) electrons. The molecule has 5 rings (SSSR count). The molecule has 0 spiro atoms. The van der Waals surface area contributed by atoms with Crippen molar-refractivity contribution < 1.29 is 9.47 Å². The topological polar surface area (TPSA) is 67.0 Å². The van der Waals surface area contributed by atoms with E-state index in [0.717, 1.165) is 71.2 Å². The van der Waals surface area contributed by atoms with Crippen molar-refractivity contribution in [2.45, 2.75) is 78.7 Å².